The third kappa shape index (κ3) is 27.9. The Morgan fingerprint density at radius 3 is 1.31 bits per heavy atom. The number of anilines is 2. The van der Waals surface area contributed by atoms with Gasteiger partial charge in [-0.1, -0.05) is 106 Å². The molecular weight excluding hydrogens is 1940 g/mol. The molecule has 6 fully saturated rings. The molecule has 6 aliphatic rings. The van der Waals surface area contributed by atoms with Crippen molar-refractivity contribution in [2.24, 2.45) is 11.8 Å². The maximum Gasteiger partial charge on any atom is 1.00 e. The van der Waals surface area contributed by atoms with Crippen LogP contribution in [0.3, 0.4) is 0 Å². The zero-order valence-electron chi connectivity index (χ0n) is 64.0. The number of aromatic nitrogens is 6. The average Bonchev–Trinajstić information content (AvgIpc) is 1.62. The number of nitrogens with zero attached hydrogens (tertiary/aromatic N) is 7. The molecule has 0 aliphatic carbocycles. The molecule has 34 nitrogen and oxygen atoms in total. The molecule has 0 spiro atoms. The molecule has 5 unspecified atom stereocenters. The molecule has 0 saturated carbocycles. The summed E-state index contributed by atoms with van der Waals surface area (Å²) in [7, 11) is -10.6. The molecule has 9 heterocycles. The molecule has 8 N–H and O–H groups in total. The first-order valence-electron chi connectivity index (χ1n) is 33.9. The van der Waals surface area contributed by atoms with Crippen molar-refractivity contribution in [3.63, 3.8) is 0 Å². The van der Waals surface area contributed by atoms with E-state index in [1.165, 1.54) is 56.4 Å². The number of hydrogen-bond acceptors (Lipinski definition) is 28. The Hall–Kier alpha value is -3.60. The number of phosphoric acid groups is 1. The fraction of sp³-hybridized carbons (Fsp3) is 0.456. The first kappa shape index (κ1) is 108. The second kappa shape index (κ2) is 48.0. The summed E-state index contributed by atoms with van der Waals surface area (Å²) < 4.78 is 180. The van der Waals surface area contributed by atoms with Gasteiger partial charge in [-0.15, -0.1) is 0 Å². The third-order valence-electron chi connectivity index (χ3n) is 17.5. The quantitative estimate of drug-likeness (QED) is 0.0126. The number of rotatable bonds is 17. The fourth-order valence-electron chi connectivity index (χ4n) is 11.8. The van der Waals surface area contributed by atoms with E-state index in [4.69, 9.17) is 101 Å². The molecule has 0 radical (unpaired) electrons. The van der Waals surface area contributed by atoms with Crippen molar-refractivity contribution in [2.45, 2.75) is 153 Å². The van der Waals surface area contributed by atoms with Gasteiger partial charge in [-0.05, 0) is 103 Å². The summed E-state index contributed by atoms with van der Waals surface area (Å²) in [5.41, 5.74) is -0.253. The molecule has 3 aromatic heterocycles. The Labute approximate surface area is 799 Å². The van der Waals surface area contributed by atoms with Gasteiger partial charge in [-0.3, -0.25) is 70.6 Å². The van der Waals surface area contributed by atoms with Crippen LogP contribution >= 0.6 is 58.1 Å². The predicted octanol–water partition coefficient (Wildman–Crippen LogP) is 7.81. The molecule has 6 saturated heterocycles. The molecule has 117 heavy (non-hydrogen) atoms. The third-order valence-corrected chi connectivity index (χ3v) is 22.8. The van der Waals surface area contributed by atoms with Crippen molar-refractivity contribution in [1.82, 2.24) is 34.8 Å². The number of hydrogen-bond donors (Lipinski definition) is 6. The van der Waals surface area contributed by atoms with E-state index in [9.17, 15) is 69.6 Å². The van der Waals surface area contributed by atoms with Crippen LogP contribution in [0.5, 0.6) is 5.75 Å². The van der Waals surface area contributed by atoms with E-state index in [1.54, 1.807) is 87.5 Å². The second-order valence-corrected chi connectivity index (χ2v) is 31.1. The van der Waals surface area contributed by atoms with E-state index >= 15 is 0 Å². The zero-order chi connectivity index (χ0) is 82.3. The first-order valence-corrected chi connectivity index (χ1v) is 39.5. The molecule has 4 aromatic carbocycles. The number of non-ortho nitro benzene ring substituents is 1. The van der Waals surface area contributed by atoms with Crippen molar-refractivity contribution >= 4 is 81.9 Å². The van der Waals surface area contributed by atoms with Crippen molar-refractivity contribution in [3.05, 3.63) is 213 Å². The molecule has 0 bridgehead atoms. The van der Waals surface area contributed by atoms with Gasteiger partial charge < -0.3 is 51.8 Å². The Kier molecular flexibility index (Phi) is 44.2. The van der Waals surface area contributed by atoms with E-state index in [0.29, 0.717) is 63.0 Å². The second-order valence-electron chi connectivity index (χ2n) is 24.9. The SMILES string of the molecule is C.CC[C@H]1O[C@@H](n2ccc(C)nc2=O)C(F)(F)[C@H]1C.CC[C@H]1O[C@@H](n2ccc(NP3(=O)OCCC(c4cccc(Cl)c4)O3)nc2=O)C(F)(F)[C@H]1C.CO.F.N.O=CO[O-].O=[N+]([O-])c1ccc(OP2(=O)OCC[C@@H](c3cccc(Cl)c3)O2)cc1.O=c1nc(NP2(=O)OCCC(c3cccc(Cl)c3)O2)ccn1[C@@H]1O[C@H](CO)[C@H](O)C1(F)F.[Cs+].[Cs+].[H-]. The van der Waals surface area contributed by atoms with Crippen molar-refractivity contribution < 1.29 is 265 Å². The number of nitro groups is 1. The number of aliphatic hydroxyl groups excluding tert-OH is 3. The number of halogens is 10. The number of carbonyl (C=O) groups excluding carboxylic acids is 1. The normalized spacial score (nSPS) is 27.3. The number of phosphoric ester groups is 1. The summed E-state index contributed by atoms with van der Waals surface area (Å²) in [6, 6.07) is 29.9. The Bertz CT molecular complexity index is 4570. The Morgan fingerprint density at radius 2 is 0.974 bits per heavy atom. The number of nitrogens with one attached hydrogen (secondary N) is 2. The van der Waals surface area contributed by atoms with E-state index < -0.39 is 143 Å². The standard InChI is InChI=1S/C20H23ClF2N3O5P.C18H19ClF2N3O7P.C15H13ClNO6P.C12H16F2N2O2.CH2O3.CH4O.CH4.2Cs.FH.H3N.H/c1-3-15-12(2)20(22,23)18(30-15)26-9-7-17(24-19(26)27)25-32(28)29-10-8-16(31-32)13-5-4-6-14(21)11-13;19-11-3-1-2-10(8-11)12-5-7-29-32(28,31-12)23-14-4-6-24(17(27)22-14)16-18(20,21)15(26)13(9-25)30-16;16-12-3-1-2-11(10-12)15-8-9-21-24(20,23-15)22-14-6-4-13(5-7-14)17(18)19;1-4-9-8(3)12(13,14)10(18-9)16-6-5-7(2)15-11(16)17;2-1-4-3;1-2;;;;;;/h4-7,9,11-12,15-16,18H,3,8,10H2,1-2H3,(H,24,25,27,28);1-4,6,8,12-13,15-16,25-26H,5,7,9H2,(H,22,23,27,28);1-7,10,15H,8-9H2;5-6,8-10H,4H2,1-3H3;1,3H;2H,1H3;1H4;;;1H;1H3;/q;;;;;;;2*+1;;;-1/p-1/t12-,15+,16?,18+,32?;12?,13-,15+,16-,32?;15-,24?;8-,9+,10+;;;;;;;;/m0100......../s1. The van der Waals surface area contributed by atoms with Crippen LogP contribution in [0.1, 0.15) is 128 Å². The molecule has 6 aliphatic heterocycles. The Morgan fingerprint density at radius 1 is 0.615 bits per heavy atom. The van der Waals surface area contributed by atoms with Crippen LogP contribution in [0.2, 0.25) is 15.1 Å². The van der Waals surface area contributed by atoms with Crippen LogP contribution in [0.15, 0.2) is 148 Å². The summed E-state index contributed by atoms with van der Waals surface area (Å²) in [5, 5.41) is 51.2. The maximum absolute atomic E-state index is 14.7. The van der Waals surface area contributed by atoms with Gasteiger partial charge in [0.1, 0.15) is 23.5 Å². The van der Waals surface area contributed by atoms with Crippen molar-refractivity contribution in [3.8, 4) is 5.75 Å². The van der Waals surface area contributed by atoms with Gasteiger partial charge in [0.05, 0.1) is 73.7 Å². The summed E-state index contributed by atoms with van der Waals surface area (Å²) >= 11 is 18.0. The number of benzene rings is 4. The summed E-state index contributed by atoms with van der Waals surface area (Å²) in [6.07, 6.45) is -6.56. The number of alkyl halides is 6. The molecule has 49 heteroatoms. The summed E-state index contributed by atoms with van der Waals surface area (Å²) in [6.45, 7) is 7.38. The summed E-state index contributed by atoms with van der Waals surface area (Å²) in [5.74, 6) is -12.3. The van der Waals surface area contributed by atoms with Gasteiger partial charge in [0.25, 0.3) is 24.0 Å². The molecule has 7 aromatic rings. The van der Waals surface area contributed by atoms with Crippen LogP contribution in [0.25, 0.3) is 0 Å². The number of nitro benzene ring substituents is 1. The van der Waals surface area contributed by atoms with Crippen LogP contribution in [-0.2, 0) is 64.7 Å². The molecular formula is C68H85Cl3Cs2F7N10O24P3. The van der Waals surface area contributed by atoms with Crippen LogP contribution < -0.4 is 181 Å². The minimum atomic E-state index is -3.94. The van der Waals surface area contributed by atoms with E-state index in [0.717, 1.165) is 45.8 Å². The van der Waals surface area contributed by atoms with Gasteiger partial charge in [0.15, 0.2) is 6.10 Å². The van der Waals surface area contributed by atoms with Gasteiger partial charge in [0, 0.05) is 77.9 Å². The van der Waals surface area contributed by atoms with Crippen LogP contribution in [-0.4, -0.2) is 131 Å². The van der Waals surface area contributed by atoms with Crippen molar-refractivity contribution in [2.75, 3.05) is 43.7 Å². The predicted molar refractivity (Wildman–Crippen MR) is 401 cm³/mol. The minimum Gasteiger partial charge on any atom is -1.00 e. The number of ether oxygens (including phenoxy) is 3. The maximum atomic E-state index is 14.7. The topological polar surface area (TPSA) is 460 Å². The minimum absolute atomic E-state index is 0. The first-order chi connectivity index (χ1) is 53.0. The monoisotopic (exact) mass is 2020 g/mol. The van der Waals surface area contributed by atoms with Gasteiger partial charge in [0.2, 0.25) is 18.7 Å². The number of aliphatic hydroxyl groups is 3. The van der Waals surface area contributed by atoms with Gasteiger partial charge >= 0.3 is 184 Å². The van der Waals surface area contributed by atoms with Gasteiger partial charge in [-0.2, -0.15) is 23.7 Å². The van der Waals surface area contributed by atoms with Crippen LogP contribution in [0, 0.1) is 28.9 Å². The van der Waals surface area contributed by atoms with Gasteiger partial charge in [-0.25, -0.2) is 45.6 Å². The largest absolute Gasteiger partial charge is 1.00 e. The molecule has 13 rings (SSSR count). The van der Waals surface area contributed by atoms with Crippen molar-refractivity contribution in [1.29, 1.82) is 0 Å². The zero-order valence-corrected chi connectivity index (χ0v) is 80.5. The number of aryl methyl sites for hydroxylation is 1. The number of carbonyl (C=O) groups is 1. The van der Waals surface area contributed by atoms with E-state index in [1.807, 2.05) is 6.07 Å². The molecule has 15 atom stereocenters. The molecule has 0 amide bonds. The fourth-order valence-corrected chi connectivity index (χ4v) is 16.8. The average molecular weight is 2020 g/mol. The van der Waals surface area contributed by atoms with E-state index in [2.05, 4.69) is 30.0 Å². The summed E-state index contributed by atoms with van der Waals surface area (Å²) in [4.78, 5) is 68.9. The van der Waals surface area contributed by atoms with Crippen LogP contribution in [0.4, 0.5) is 48.4 Å². The van der Waals surface area contributed by atoms with E-state index in [-0.39, 0.29) is 207 Å². The Balaban J connectivity index is 0.000000522. The smallest absolute Gasteiger partial charge is 1.00 e. The molecule has 638 valence electrons.